The maximum Gasteiger partial charge on any atom is 0.454 e. The van der Waals surface area contributed by atoms with Crippen molar-refractivity contribution < 1.29 is 27.5 Å². The van der Waals surface area contributed by atoms with Crippen molar-refractivity contribution in [2.75, 3.05) is 5.32 Å². The number of rotatable bonds is 2. The molecule has 0 aromatic carbocycles. The third kappa shape index (κ3) is 4.82. The van der Waals surface area contributed by atoms with E-state index < -0.39 is 29.2 Å². The van der Waals surface area contributed by atoms with Crippen LogP contribution in [0.2, 0.25) is 0 Å². The highest BCUT2D eigenvalue weighted by Gasteiger charge is 2.39. The molecule has 1 aromatic rings. The summed E-state index contributed by atoms with van der Waals surface area (Å²) in [5.41, 5.74) is -1.46. The van der Waals surface area contributed by atoms with Crippen molar-refractivity contribution in [3.63, 3.8) is 0 Å². The number of halogens is 3. The second-order valence-electron chi connectivity index (χ2n) is 4.75. The molecule has 6 nitrogen and oxygen atoms in total. The van der Waals surface area contributed by atoms with Crippen LogP contribution < -0.4 is 5.32 Å². The molecule has 110 valence electrons. The zero-order valence-electron chi connectivity index (χ0n) is 10.9. The zero-order valence-corrected chi connectivity index (χ0v) is 10.9. The quantitative estimate of drug-likeness (QED) is 0.847. The van der Waals surface area contributed by atoms with Crippen LogP contribution in [0.15, 0.2) is 12.4 Å². The lowest BCUT2D eigenvalue weighted by Gasteiger charge is -2.19. The van der Waals surface area contributed by atoms with Gasteiger partial charge in [-0.3, -0.25) is 10.1 Å². The Balaban J connectivity index is 2.73. The number of ether oxygens (including phenoxy) is 1. The van der Waals surface area contributed by atoms with Gasteiger partial charge in [0.2, 0.25) is 5.95 Å². The molecule has 1 aromatic heterocycles. The van der Waals surface area contributed by atoms with E-state index in [1.165, 1.54) is 0 Å². The fourth-order valence-electron chi connectivity index (χ4n) is 1.07. The normalized spacial score (nSPS) is 11.9. The van der Waals surface area contributed by atoms with Gasteiger partial charge in [0.25, 0.3) is 5.78 Å². The molecule has 0 aliphatic rings. The molecule has 0 saturated carbocycles. The summed E-state index contributed by atoms with van der Waals surface area (Å²) in [5, 5.41) is 2.13. The summed E-state index contributed by atoms with van der Waals surface area (Å²) < 4.78 is 41.3. The molecular formula is C11H12F3N3O3. The highest BCUT2D eigenvalue weighted by molar-refractivity contribution is 5.99. The largest absolute Gasteiger partial charge is 0.454 e. The van der Waals surface area contributed by atoms with Gasteiger partial charge in [0.05, 0.1) is 5.56 Å². The molecule has 1 rings (SSSR count). The number of anilines is 1. The highest BCUT2D eigenvalue weighted by atomic mass is 19.4. The van der Waals surface area contributed by atoms with Gasteiger partial charge >= 0.3 is 12.3 Å². The maximum absolute atomic E-state index is 12.1. The Morgan fingerprint density at radius 1 is 1.15 bits per heavy atom. The van der Waals surface area contributed by atoms with Gasteiger partial charge in [-0.2, -0.15) is 13.2 Å². The lowest BCUT2D eigenvalue weighted by Crippen LogP contribution is -2.28. The molecule has 9 heteroatoms. The van der Waals surface area contributed by atoms with Crippen molar-refractivity contribution in [1.29, 1.82) is 0 Å². The van der Waals surface area contributed by atoms with E-state index in [-0.39, 0.29) is 5.95 Å². The van der Waals surface area contributed by atoms with Gasteiger partial charge in [0.1, 0.15) is 5.60 Å². The lowest BCUT2D eigenvalue weighted by atomic mass is 10.2. The summed E-state index contributed by atoms with van der Waals surface area (Å²) >= 11 is 0. The predicted octanol–water partition coefficient (Wildman–Crippen LogP) is 2.57. The third-order valence-electron chi connectivity index (χ3n) is 1.78. The first-order valence-corrected chi connectivity index (χ1v) is 5.42. The molecule has 0 spiro atoms. The van der Waals surface area contributed by atoms with Crippen LogP contribution in [-0.2, 0) is 4.74 Å². The van der Waals surface area contributed by atoms with Gasteiger partial charge in [-0.05, 0) is 20.8 Å². The van der Waals surface area contributed by atoms with E-state index in [0.717, 1.165) is 0 Å². The summed E-state index contributed by atoms with van der Waals surface area (Å²) in [6.45, 7) is 4.91. The summed E-state index contributed by atoms with van der Waals surface area (Å²) in [4.78, 5) is 29.1. The van der Waals surface area contributed by atoms with Crippen LogP contribution in [0.25, 0.3) is 0 Å². The Labute approximate surface area is 112 Å². The fourth-order valence-corrected chi connectivity index (χ4v) is 1.07. The molecule has 1 heterocycles. The topological polar surface area (TPSA) is 81.2 Å². The number of amides is 1. The molecule has 0 aliphatic heterocycles. The van der Waals surface area contributed by atoms with E-state index in [0.29, 0.717) is 12.4 Å². The van der Waals surface area contributed by atoms with Crippen LogP contribution in [0.1, 0.15) is 31.1 Å². The van der Waals surface area contributed by atoms with Crippen molar-refractivity contribution in [2.24, 2.45) is 0 Å². The van der Waals surface area contributed by atoms with Gasteiger partial charge in [-0.1, -0.05) is 0 Å². The van der Waals surface area contributed by atoms with Gasteiger partial charge in [0.15, 0.2) is 0 Å². The second kappa shape index (κ2) is 5.43. The molecule has 0 saturated heterocycles. The van der Waals surface area contributed by atoms with Crippen molar-refractivity contribution >= 4 is 17.8 Å². The van der Waals surface area contributed by atoms with Crippen LogP contribution >= 0.6 is 0 Å². The summed E-state index contributed by atoms with van der Waals surface area (Å²) in [7, 11) is 0. The van der Waals surface area contributed by atoms with Crippen molar-refractivity contribution in [3.05, 3.63) is 18.0 Å². The number of Topliss-reactive ketones (excluding diaryl/α,β-unsaturated/α-hetero) is 1. The Hall–Kier alpha value is -2.19. The molecule has 1 N–H and O–H groups in total. The maximum atomic E-state index is 12.1. The van der Waals surface area contributed by atoms with Crippen LogP contribution in [0.5, 0.6) is 0 Å². The number of alkyl halides is 3. The van der Waals surface area contributed by atoms with Crippen molar-refractivity contribution in [3.8, 4) is 0 Å². The summed E-state index contributed by atoms with van der Waals surface area (Å²) in [5.74, 6) is -2.32. The molecule has 0 unspecified atom stereocenters. The number of carbonyl (C=O) groups is 2. The number of ketones is 1. The monoisotopic (exact) mass is 291 g/mol. The lowest BCUT2D eigenvalue weighted by molar-refractivity contribution is -0.0885. The highest BCUT2D eigenvalue weighted by Crippen LogP contribution is 2.20. The first kappa shape index (κ1) is 15.9. The molecule has 0 radical (unpaired) electrons. The van der Waals surface area contributed by atoms with Gasteiger partial charge in [-0.25, -0.2) is 14.8 Å². The van der Waals surface area contributed by atoms with Crippen LogP contribution in [0.4, 0.5) is 23.9 Å². The van der Waals surface area contributed by atoms with E-state index in [1.54, 1.807) is 20.8 Å². The smallest absolute Gasteiger partial charge is 0.444 e. The Bertz CT molecular complexity index is 506. The van der Waals surface area contributed by atoms with E-state index >= 15 is 0 Å². The first-order chi connectivity index (χ1) is 8.99. The minimum absolute atomic E-state index is 0.266. The molecular weight excluding hydrogens is 279 g/mol. The van der Waals surface area contributed by atoms with E-state index in [4.69, 9.17) is 4.74 Å². The third-order valence-corrected chi connectivity index (χ3v) is 1.78. The van der Waals surface area contributed by atoms with E-state index in [9.17, 15) is 22.8 Å². The Morgan fingerprint density at radius 3 is 2.05 bits per heavy atom. The first-order valence-electron chi connectivity index (χ1n) is 5.42. The molecule has 0 atom stereocenters. The zero-order chi connectivity index (χ0) is 15.6. The van der Waals surface area contributed by atoms with E-state index in [2.05, 4.69) is 15.3 Å². The van der Waals surface area contributed by atoms with Gasteiger partial charge in [0, 0.05) is 12.4 Å². The second-order valence-corrected chi connectivity index (χ2v) is 4.75. The van der Waals surface area contributed by atoms with Crippen LogP contribution in [0.3, 0.4) is 0 Å². The molecule has 1 amide bonds. The standard InChI is InChI=1S/C11H12F3N3O3/c1-10(2,3)20-9(19)17-8-15-4-6(5-16-8)7(18)11(12,13)14/h4-5H,1-3H3,(H,15,16,17,19). The molecule has 0 bridgehead atoms. The summed E-state index contributed by atoms with van der Waals surface area (Å²) in [6.07, 6.45) is -4.50. The average Bonchev–Trinajstić information content (AvgIpc) is 2.25. The van der Waals surface area contributed by atoms with Crippen LogP contribution in [-0.4, -0.2) is 33.6 Å². The average molecular weight is 291 g/mol. The van der Waals surface area contributed by atoms with Gasteiger partial charge in [-0.15, -0.1) is 0 Å². The predicted molar refractivity (Wildman–Crippen MR) is 62.3 cm³/mol. The minimum Gasteiger partial charge on any atom is -0.444 e. The molecule has 0 aliphatic carbocycles. The number of hydrogen-bond acceptors (Lipinski definition) is 5. The van der Waals surface area contributed by atoms with E-state index in [1.807, 2.05) is 0 Å². The molecule has 0 fully saturated rings. The number of nitrogens with zero attached hydrogens (tertiary/aromatic N) is 2. The van der Waals surface area contributed by atoms with Crippen molar-refractivity contribution in [1.82, 2.24) is 9.97 Å². The number of hydrogen-bond donors (Lipinski definition) is 1. The number of nitrogens with one attached hydrogen (secondary N) is 1. The molecule has 20 heavy (non-hydrogen) atoms. The van der Waals surface area contributed by atoms with Crippen LogP contribution in [0, 0.1) is 0 Å². The number of aromatic nitrogens is 2. The Kier molecular flexibility index (Phi) is 4.31. The fraction of sp³-hybridized carbons (Fsp3) is 0.455. The Morgan fingerprint density at radius 2 is 1.65 bits per heavy atom. The minimum atomic E-state index is -5.00. The van der Waals surface area contributed by atoms with Crippen molar-refractivity contribution in [2.45, 2.75) is 32.5 Å². The number of carbonyl (C=O) groups excluding carboxylic acids is 2. The SMILES string of the molecule is CC(C)(C)OC(=O)Nc1ncc(C(=O)C(F)(F)F)cn1. The summed E-state index contributed by atoms with van der Waals surface area (Å²) in [6, 6.07) is 0. The van der Waals surface area contributed by atoms with Gasteiger partial charge < -0.3 is 4.74 Å².